The van der Waals surface area contributed by atoms with Crippen molar-refractivity contribution in [1.29, 1.82) is 0 Å². The van der Waals surface area contributed by atoms with Crippen LogP contribution in [-0.4, -0.2) is 37.1 Å². The van der Waals surface area contributed by atoms with Crippen molar-refractivity contribution < 1.29 is 19.8 Å². The summed E-state index contributed by atoms with van der Waals surface area (Å²) in [4.78, 5) is 22.7. The van der Waals surface area contributed by atoms with Gasteiger partial charge in [0.15, 0.2) is 11.2 Å². The largest absolute Gasteiger partial charge is 0.479 e. The first-order chi connectivity index (χ1) is 9.35. The number of aromatic carboxylic acids is 1. The average molecular weight is 281 g/mol. The fraction of sp³-hybridized carbons (Fsp3) is 0.692. The van der Waals surface area contributed by atoms with E-state index in [1.165, 1.54) is 18.5 Å². The highest BCUT2D eigenvalue weighted by molar-refractivity contribution is 5.87. The third kappa shape index (κ3) is 2.39. The van der Waals surface area contributed by atoms with Gasteiger partial charge in [-0.3, -0.25) is 0 Å². The van der Waals surface area contributed by atoms with Crippen molar-refractivity contribution in [3.05, 3.63) is 11.4 Å². The fourth-order valence-electron chi connectivity index (χ4n) is 2.69. The predicted octanol–water partition coefficient (Wildman–Crippen LogP) is 1.84. The van der Waals surface area contributed by atoms with E-state index in [4.69, 9.17) is 0 Å². The fourth-order valence-corrected chi connectivity index (χ4v) is 2.69. The number of aliphatic carboxylic acids is 1. The first-order valence-electron chi connectivity index (χ1n) is 6.78. The summed E-state index contributed by atoms with van der Waals surface area (Å²) in [5, 5.41) is 26.1. The van der Waals surface area contributed by atoms with Crippen LogP contribution in [-0.2, 0) is 10.3 Å². The van der Waals surface area contributed by atoms with Gasteiger partial charge in [0.2, 0.25) is 0 Å². The minimum Gasteiger partial charge on any atom is -0.479 e. The molecule has 7 nitrogen and oxygen atoms in total. The van der Waals surface area contributed by atoms with Crippen LogP contribution in [0.5, 0.6) is 0 Å². The first-order valence-corrected chi connectivity index (χ1v) is 6.78. The van der Waals surface area contributed by atoms with Crippen LogP contribution in [0.25, 0.3) is 0 Å². The van der Waals surface area contributed by atoms with Crippen LogP contribution in [0.2, 0.25) is 0 Å². The molecule has 1 aliphatic carbocycles. The van der Waals surface area contributed by atoms with E-state index in [1.54, 1.807) is 0 Å². The second-order valence-electron chi connectivity index (χ2n) is 5.74. The van der Waals surface area contributed by atoms with Crippen LogP contribution in [0, 0.1) is 0 Å². The molecule has 1 heterocycles. The van der Waals surface area contributed by atoms with Crippen LogP contribution in [0.3, 0.4) is 0 Å². The van der Waals surface area contributed by atoms with Gasteiger partial charge in [-0.15, -0.1) is 5.10 Å². The second kappa shape index (κ2) is 5.22. The van der Waals surface area contributed by atoms with E-state index >= 15 is 0 Å². The van der Waals surface area contributed by atoms with Gasteiger partial charge in [0.25, 0.3) is 0 Å². The molecular formula is C13H19N3O4. The molecule has 0 amide bonds. The van der Waals surface area contributed by atoms with Crippen molar-refractivity contribution in [3.8, 4) is 0 Å². The van der Waals surface area contributed by atoms with Gasteiger partial charge in [0.05, 0.1) is 5.69 Å². The van der Waals surface area contributed by atoms with E-state index in [1.807, 2.05) is 0 Å². The SMILES string of the molecule is CC(C)(C(=O)O)n1nnc(C(=O)O)c1C1CCCCC1. The Morgan fingerprint density at radius 3 is 2.30 bits per heavy atom. The van der Waals surface area contributed by atoms with E-state index in [-0.39, 0.29) is 11.6 Å². The minimum atomic E-state index is -1.31. The topological polar surface area (TPSA) is 105 Å². The van der Waals surface area contributed by atoms with Crippen molar-refractivity contribution in [2.45, 2.75) is 57.4 Å². The van der Waals surface area contributed by atoms with Gasteiger partial charge in [-0.2, -0.15) is 0 Å². The molecule has 1 aromatic heterocycles. The molecule has 0 saturated heterocycles. The van der Waals surface area contributed by atoms with Gasteiger partial charge in [0.1, 0.15) is 0 Å². The molecule has 0 radical (unpaired) electrons. The summed E-state index contributed by atoms with van der Waals surface area (Å²) in [7, 11) is 0. The molecule has 0 atom stereocenters. The second-order valence-corrected chi connectivity index (χ2v) is 5.74. The predicted molar refractivity (Wildman–Crippen MR) is 69.8 cm³/mol. The Morgan fingerprint density at radius 1 is 1.20 bits per heavy atom. The molecule has 1 aliphatic rings. The Hall–Kier alpha value is -1.92. The van der Waals surface area contributed by atoms with Gasteiger partial charge in [-0.05, 0) is 26.7 Å². The zero-order valence-corrected chi connectivity index (χ0v) is 11.7. The lowest BCUT2D eigenvalue weighted by molar-refractivity contribution is -0.146. The Kier molecular flexibility index (Phi) is 3.78. The highest BCUT2D eigenvalue weighted by Crippen LogP contribution is 2.35. The normalized spacial score (nSPS) is 17.1. The van der Waals surface area contributed by atoms with E-state index in [2.05, 4.69) is 10.3 Å². The molecule has 1 fully saturated rings. The highest BCUT2D eigenvalue weighted by Gasteiger charge is 2.38. The smallest absolute Gasteiger partial charge is 0.358 e. The molecule has 2 rings (SSSR count). The van der Waals surface area contributed by atoms with Crippen LogP contribution in [0.4, 0.5) is 0 Å². The average Bonchev–Trinajstić information content (AvgIpc) is 2.85. The van der Waals surface area contributed by atoms with Gasteiger partial charge in [0, 0.05) is 5.92 Å². The van der Waals surface area contributed by atoms with Gasteiger partial charge >= 0.3 is 11.9 Å². The molecule has 1 aromatic rings. The molecule has 0 spiro atoms. The van der Waals surface area contributed by atoms with Gasteiger partial charge in [-0.25, -0.2) is 14.3 Å². The molecular weight excluding hydrogens is 262 g/mol. The van der Waals surface area contributed by atoms with Crippen molar-refractivity contribution in [2.24, 2.45) is 0 Å². The van der Waals surface area contributed by atoms with Gasteiger partial charge in [-0.1, -0.05) is 24.5 Å². The number of carboxylic acid groups (broad SMARTS) is 2. The van der Waals surface area contributed by atoms with Crippen LogP contribution in [0.15, 0.2) is 0 Å². The maximum Gasteiger partial charge on any atom is 0.358 e. The zero-order valence-electron chi connectivity index (χ0n) is 11.7. The third-order valence-electron chi connectivity index (χ3n) is 3.95. The molecule has 1 saturated carbocycles. The van der Waals surface area contributed by atoms with Crippen molar-refractivity contribution in [1.82, 2.24) is 15.0 Å². The van der Waals surface area contributed by atoms with Crippen LogP contribution >= 0.6 is 0 Å². The van der Waals surface area contributed by atoms with E-state index in [9.17, 15) is 19.8 Å². The lowest BCUT2D eigenvalue weighted by atomic mass is 9.85. The van der Waals surface area contributed by atoms with Crippen molar-refractivity contribution in [3.63, 3.8) is 0 Å². The lowest BCUT2D eigenvalue weighted by Gasteiger charge is -2.27. The summed E-state index contributed by atoms with van der Waals surface area (Å²) in [6.07, 6.45) is 4.86. The summed E-state index contributed by atoms with van der Waals surface area (Å²) >= 11 is 0. The molecule has 110 valence electrons. The lowest BCUT2D eigenvalue weighted by Crippen LogP contribution is -2.38. The number of rotatable bonds is 4. The summed E-state index contributed by atoms with van der Waals surface area (Å²) < 4.78 is 1.27. The quantitative estimate of drug-likeness (QED) is 0.872. The van der Waals surface area contributed by atoms with Crippen molar-refractivity contribution >= 4 is 11.9 Å². The molecule has 0 bridgehead atoms. The molecule has 0 aliphatic heterocycles. The maximum absolute atomic E-state index is 11.4. The van der Waals surface area contributed by atoms with E-state index < -0.39 is 17.5 Å². The zero-order chi connectivity index (χ0) is 14.9. The number of hydrogen-bond acceptors (Lipinski definition) is 4. The Morgan fingerprint density at radius 2 is 1.80 bits per heavy atom. The van der Waals surface area contributed by atoms with Crippen LogP contribution in [0.1, 0.15) is 68.1 Å². The van der Waals surface area contributed by atoms with Gasteiger partial charge < -0.3 is 10.2 Å². The Balaban J connectivity index is 2.52. The minimum absolute atomic E-state index is 0.0171. The number of carbonyl (C=O) groups is 2. The van der Waals surface area contributed by atoms with E-state index in [0.717, 1.165) is 32.1 Å². The number of hydrogen-bond donors (Lipinski definition) is 2. The summed E-state index contributed by atoms with van der Waals surface area (Å²) in [6, 6.07) is 0. The van der Waals surface area contributed by atoms with E-state index in [0.29, 0.717) is 5.69 Å². The highest BCUT2D eigenvalue weighted by atomic mass is 16.4. The Labute approximate surface area is 116 Å². The third-order valence-corrected chi connectivity index (χ3v) is 3.95. The molecule has 20 heavy (non-hydrogen) atoms. The monoisotopic (exact) mass is 281 g/mol. The molecule has 0 unspecified atom stereocenters. The molecule has 2 N–H and O–H groups in total. The summed E-state index contributed by atoms with van der Waals surface area (Å²) in [5.41, 5.74) is -0.983. The standard InChI is InChI=1S/C13H19N3O4/c1-13(2,12(19)20)16-10(8-6-4-3-5-7-8)9(11(17)18)14-15-16/h8H,3-7H2,1-2H3,(H,17,18)(H,19,20). The first kappa shape index (κ1) is 14.5. The maximum atomic E-state index is 11.4. The van der Waals surface area contributed by atoms with Crippen LogP contribution < -0.4 is 0 Å². The summed E-state index contributed by atoms with van der Waals surface area (Å²) in [6.45, 7) is 3.00. The number of aromatic nitrogens is 3. The summed E-state index contributed by atoms with van der Waals surface area (Å²) in [5.74, 6) is -2.20. The number of carboxylic acids is 2. The molecule has 7 heteroatoms. The number of nitrogens with zero attached hydrogens (tertiary/aromatic N) is 3. The Bertz CT molecular complexity index is 530. The molecule has 0 aromatic carbocycles. The van der Waals surface area contributed by atoms with Crippen molar-refractivity contribution in [2.75, 3.05) is 0 Å².